The van der Waals surface area contributed by atoms with Crippen molar-refractivity contribution in [2.75, 3.05) is 13.7 Å². The van der Waals surface area contributed by atoms with Gasteiger partial charge in [0.1, 0.15) is 18.2 Å². The van der Waals surface area contributed by atoms with Crippen molar-refractivity contribution in [1.82, 2.24) is 4.90 Å². The molecule has 1 amide bonds. The molecular formula is C18H15ClFNO2. The number of likely N-dealkylation sites (N-methyl/N-ethyl adjacent to an activating group) is 1. The van der Waals surface area contributed by atoms with Gasteiger partial charge >= 0.3 is 0 Å². The van der Waals surface area contributed by atoms with E-state index in [0.29, 0.717) is 16.2 Å². The third-order valence-electron chi connectivity index (χ3n) is 3.71. The summed E-state index contributed by atoms with van der Waals surface area (Å²) in [5, 5.41) is 0.309. The Labute approximate surface area is 138 Å². The van der Waals surface area contributed by atoms with Crippen LogP contribution < -0.4 is 4.74 Å². The average molecular weight is 332 g/mol. The van der Waals surface area contributed by atoms with Crippen molar-refractivity contribution >= 4 is 23.6 Å². The van der Waals surface area contributed by atoms with Crippen molar-refractivity contribution in [1.29, 1.82) is 0 Å². The zero-order valence-corrected chi connectivity index (χ0v) is 13.3. The number of ether oxygens (including phenoxy) is 1. The Morgan fingerprint density at radius 1 is 1.26 bits per heavy atom. The zero-order valence-electron chi connectivity index (χ0n) is 12.6. The van der Waals surface area contributed by atoms with Crippen LogP contribution in [-0.2, 0) is 11.3 Å². The molecule has 1 aliphatic heterocycles. The molecule has 3 nitrogen and oxygen atoms in total. The number of carbonyl (C=O) groups is 1. The van der Waals surface area contributed by atoms with Crippen molar-refractivity contribution in [3.63, 3.8) is 0 Å². The van der Waals surface area contributed by atoms with E-state index in [0.717, 1.165) is 11.3 Å². The highest BCUT2D eigenvalue weighted by Crippen LogP contribution is 2.27. The van der Waals surface area contributed by atoms with Gasteiger partial charge in [-0.1, -0.05) is 35.9 Å². The number of carbonyl (C=O) groups excluding carboxylic acids is 1. The molecule has 0 atom stereocenters. The predicted molar refractivity (Wildman–Crippen MR) is 87.8 cm³/mol. The molecule has 23 heavy (non-hydrogen) atoms. The monoisotopic (exact) mass is 331 g/mol. The molecule has 2 aromatic carbocycles. The van der Waals surface area contributed by atoms with Gasteiger partial charge in [0, 0.05) is 29.7 Å². The fourth-order valence-corrected chi connectivity index (χ4v) is 2.70. The van der Waals surface area contributed by atoms with Crippen LogP contribution in [0.15, 0.2) is 48.0 Å². The number of fused-ring (bicyclic) bond motifs is 1. The number of benzene rings is 2. The highest BCUT2D eigenvalue weighted by Gasteiger charge is 2.21. The number of amides is 1. The third-order valence-corrected chi connectivity index (χ3v) is 4.06. The fraction of sp³-hybridized carbons (Fsp3) is 0.167. The van der Waals surface area contributed by atoms with Gasteiger partial charge in [0.05, 0.1) is 5.57 Å². The van der Waals surface area contributed by atoms with Crippen LogP contribution in [0.3, 0.4) is 0 Å². The molecule has 0 unspecified atom stereocenters. The quantitative estimate of drug-likeness (QED) is 0.853. The van der Waals surface area contributed by atoms with E-state index in [1.165, 1.54) is 17.0 Å². The first-order valence-electron chi connectivity index (χ1n) is 7.17. The van der Waals surface area contributed by atoms with Gasteiger partial charge in [-0.3, -0.25) is 4.79 Å². The largest absolute Gasteiger partial charge is 0.488 e. The molecule has 0 saturated heterocycles. The highest BCUT2D eigenvalue weighted by atomic mass is 35.5. The zero-order chi connectivity index (χ0) is 16.4. The molecule has 0 N–H and O–H groups in total. The van der Waals surface area contributed by atoms with Crippen molar-refractivity contribution in [2.24, 2.45) is 0 Å². The lowest BCUT2D eigenvalue weighted by Crippen LogP contribution is -2.31. The van der Waals surface area contributed by atoms with E-state index < -0.39 is 5.82 Å². The summed E-state index contributed by atoms with van der Waals surface area (Å²) in [6.45, 7) is 0.300. The maximum absolute atomic E-state index is 13.9. The highest BCUT2D eigenvalue weighted by molar-refractivity contribution is 6.31. The van der Waals surface area contributed by atoms with Crippen LogP contribution in [0.1, 0.15) is 11.1 Å². The minimum absolute atomic E-state index is 0.101. The van der Waals surface area contributed by atoms with Crippen molar-refractivity contribution in [3.8, 4) is 5.75 Å². The maximum Gasteiger partial charge on any atom is 0.253 e. The number of rotatable bonds is 3. The van der Waals surface area contributed by atoms with E-state index in [-0.39, 0.29) is 19.1 Å². The second kappa shape index (κ2) is 6.42. The summed E-state index contributed by atoms with van der Waals surface area (Å²) < 4.78 is 19.4. The summed E-state index contributed by atoms with van der Waals surface area (Å²) in [5.74, 6) is 0.124. The summed E-state index contributed by atoms with van der Waals surface area (Å²) in [5.41, 5.74) is 1.70. The maximum atomic E-state index is 13.9. The van der Waals surface area contributed by atoms with Gasteiger partial charge < -0.3 is 9.64 Å². The summed E-state index contributed by atoms with van der Waals surface area (Å²) in [4.78, 5) is 14.0. The molecular weight excluding hydrogens is 317 g/mol. The second-order valence-corrected chi connectivity index (χ2v) is 5.76. The minimum atomic E-state index is -0.420. The van der Waals surface area contributed by atoms with Crippen LogP contribution in [-0.4, -0.2) is 24.5 Å². The number of halogens is 2. The Bertz CT molecular complexity index is 768. The summed E-state index contributed by atoms with van der Waals surface area (Å²) in [7, 11) is 1.62. The lowest BCUT2D eigenvalue weighted by molar-refractivity contribution is -0.126. The first-order chi connectivity index (χ1) is 11.1. The Kier molecular flexibility index (Phi) is 4.35. The van der Waals surface area contributed by atoms with Crippen LogP contribution in [0.5, 0.6) is 5.75 Å². The van der Waals surface area contributed by atoms with Gasteiger partial charge in [-0.2, -0.15) is 0 Å². The van der Waals surface area contributed by atoms with Crippen LogP contribution in [0, 0.1) is 5.82 Å². The summed E-state index contributed by atoms with van der Waals surface area (Å²) in [6.07, 6.45) is 1.81. The third kappa shape index (κ3) is 3.22. The van der Waals surface area contributed by atoms with Crippen molar-refractivity contribution in [3.05, 3.63) is 70.0 Å². The molecule has 118 valence electrons. The smallest absolute Gasteiger partial charge is 0.253 e. The normalized spacial score (nSPS) is 12.9. The molecule has 3 rings (SSSR count). The standard InChI is InChI=1S/C18H15ClFNO2/c1-21(10-14-15(19)6-4-7-16(14)20)18(22)13-9-12-5-2-3-8-17(12)23-11-13/h2-9H,10-11H2,1H3. The van der Waals surface area contributed by atoms with Crippen LogP contribution in [0.4, 0.5) is 4.39 Å². The number of para-hydroxylation sites is 1. The van der Waals surface area contributed by atoms with E-state index in [2.05, 4.69) is 0 Å². The van der Waals surface area contributed by atoms with E-state index >= 15 is 0 Å². The lowest BCUT2D eigenvalue weighted by atomic mass is 10.1. The van der Waals surface area contributed by atoms with E-state index in [9.17, 15) is 9.18 Å². The fourth-order valence-electron chi connectivity index (χ4n) is 2.48. The summed E-state index contributed by atoms with van der Waals surface area (Å²) in [6, 6.07) is 12.0. The molecule has 2 aromatic rings. The van der Waals surface area contributed by atoms with Crippen molar-refractivity contribution < 1.29 is 13.9 Å². The first-order valence-corrected chi connectivity index (χ1v) is 7.55. The molecule has 0 spiro atoms. The molecule has 1 aliphatic rings. The van der Waals surface area contributed by atoms with E-state index in [4.69, 9.17) is 16.3 Å². The van der Waals surface area contributed by atoms with Crippen LogP contribution >= 0.6 is 11.6 Å². The van der Waals surface area contributed by atoms with Gasteiger partial charge in [0.25, 0.3) is 5.91 Å². The topological polar surface area (TPSA) is 29.5 Å². The van der Waals surface area contributed by atoms with E-state index in [1.54, 1.807) is 19.2 Å². The van der Waals surface area contributed by atoms with Gasteiger partial charge in [-0.05, 0) is 24.3 Å². The number of nitrogens with zero attached hydrogens (tertiary/aromatic N) is 1. The molecule has 0 fully saturated rings. The molecule has 1 heterocycles. The van der Waals surface area contributed by atoms with E-state index in [1.807, 2.05) is 24.3 Å². The molecule has 0 aromatic heterocycles. The van der Waals surface area contributed by atoms with Crippen molar-refractivity contribution in [2.45, 2.75) is 6.54 Å². The molecule has 0 radical (unpaired) electrons. The Morgan fingerprint density at radius 2 is 2.04 bits per heavy atom. The van der Waals surface area contributed by atoms with Gasteiger partial charge in [0.2, 0.25) is 0 Å². The Hall–Kier alpha value is -2.33. The summed E-state index contributed by atoms with van der Waals surface area (Å²) >= 11 is 6.01. The molecule has 0 bridgehead atoms. The molecule has 0 saturated carbocycles. The average Bonchev–Trinajstić information content (AvgIpc) is 2.57. The van der Waals surface area contributed by atoms with Crippen LogP contribution in [0.25, 0.3) is 6.08 Å². The van der Waals surface area contributed by atoms with Gasteiger partial charge in [-0.15, -0.1) is 0 Å². The number of hydrogen-bond acceptors (Lipinski definition) is 2. The SMILES string of the molecule is CN(Cc1c(F)cccc1Cl)C(=O)C1=Cc2ccccc2OC1. The molecule has 5 heteroatoms. The second-order valence-electron chi connectivity index (χ2n) is 5.36. The Morgan fingerprint density at radius 3 is 2.83 bits per heavy atom. The van der Waals surface area contributed by atoms with Gasteiger partial charge in [-0.25, -0.2) is 4.39 Å². The minimum Gasteiger partial charge on any atom is -0.488 e. The predicted octanol–water partition coefficient (Wildman–Crippen LogP) is 3.91. The van der Waals surface area contributed by atoms with Crippen LogP contribution in [0.2, 0.25) is 5.02 Å². The van der Waals surface area contributed by atoms with Gasteiger partial charge in [0.15, 0.2) is 0 Å². The Balaban J connectivity index is 1.80. The lowest BCUT2D eigenvalue weighted by Gasteiger charge is -2.23. The first kappa shape index (κ1) is 15.6. The molecule has 0 aliphatic carbocycles. The number of hydrogen-bond donors (Lipinski definition) is 0.